The molecule has 0 atom stereocenters. The summed E-state index contributed by atoms with van der Waals surface area (Å²) in [5.41, 5.74) is 6.98. The van der Waals surface area contributed by atoms with Crippen molar-refractivity contribution in [3.8, 4) is 0 Å². The van der Waals surface area contributed by atoms with E-state index >= 15 is 0 Å². The van der Waals surface area contributed by atoms with E-state index < -0.39 is 0 Å². The smallest absolute Gasteiger partial charge is 0.249 e. The van der Waals surface area contributed by atoms with E-state index in [0.717, 1.165) is 5.56 Å². The van der Waals surface area contributed by atoms with Gasteiger partial charge in [0.25, 0.3) is 0 Å². The van der Waals surface area contributed by atoms with Crippen LogP contribution in [-0.4, -0.2) is 35.1 Å². The molecule has 1 fully saturated rings. The Bertz CT molecular complexity index is 442. The number of carbonyl (C=O) groups is 1. The van der Waals surface area contributed by atoms with Crippen LogP contribution in [0.25, 0.3) is 0 Å². The minimum atomic E-state index is -0.381. The standard InChI is InChI=1S/C16H24N2O2/c17-16(20)15-9-5-4-6-13(15)12-18(10-11-19)14-7-2-1-3-8-14/h4-6,9,14,19H,1-3,7-8,10-12H2,(H2,17,20). The molecule has 1 aliphatic rings. The molecule has 0 aliphatic heterocycles. The molecule has 0 unspecified atom stereocenters. The van der Waals surface area contributed by atoms with Crippen LogP contribution in [-0.2, 0) is 6.54 Å². The second kappa shape index (κ2) is 7.41. The molecular formula is C16H24N2O2. The summed E-state index contributed by atoms with van der Waals surface area (Å²) in [6.07, 6.45) is 6.17. The quantitative estimate of drug-likeness (QED) is 0.834. The van der Waals surface area contributed by atoms with Crippen molar-refractivity contribution in [1.29, 1.82) is 0 Å². The Balaban J connectivity index is 2.13. The number of hydrogen-bond donors (Lipinski definition) is 2. The molecule has 0 spiro atoms. The second-order valence-electron chi connectivity index (χ2n) is 5.51. The Morgan fingerprint density at radius 2 is 1.95 bits per heavy atom. The van der Waals surface area contributed by atoms with Crippen LogP contribution in [0.15, 0.2) is 24.3 Å². The maximum atomic E-state index is 11.5. The summed E-state index contributed by atoms with van der Waals surface area (Å²) in [6.45, 7) is 1.48. The zero-order chi connectivity index (χ0) is 14.4. The van der Waals surface area contributed by atoms with Gasteiger partial charge in [-0.15, -0.1) is 0 Å². The SMILES string of the molecule is NC(=O)c1ccccc1CN(CCO)C1CCCCC1. The van der Waals surface area contributed by atoms with E-state index in [-0.39, 0.29) is 12.5 Å². The van der Waals surface area contributed by atoms with Crippen molar-refractivity contribution < 1.29 is 9.90 Å². The number of benzene rings is 1. The van der Waals surface area contributed by atoms with Crippen LogP contribution < -0.4 is 5.73 Å². The third-order valence-corrected chi connectivity index (χ3v) is 4.13. The maximum Gasteiger partial charge on any atom is 0.249 e. The van der Waals surface area contributed by atoms with E-state index in [2.05, 4.69) is 4.90 Å². The lowest BCUT2D eigenvalue weighted by Gasteiger charge is -2.34. The number of nitrogens with zero attached hydrogens (tertiary/aromatic N) is 1. The molecule has 4 heteroatoms. The maximum absolute atomic E-state index is 11.5. The van der Waals surface area contributed by atoms with Crippen molar-refractivity contribution in [2.75, 3.05) is 13.2 Å². The van der Waals surface area contributed by atoms with Gasteiger partial charge in [-0.25, -0.2) is 0 Å². The number of carbonyl (C=O) groups excluding carboxylic acids is 1. The van der Waals surface area contributed by atoms with Gasteiger partial charge in [0.1, 0.15) is 0 Å². The number of nitrogens with two attached hydrogens (primary N) is 1. The minimum Gasteiger partial charge on any atom is -0.395 e. The Morgan fingerprint density at radius 1 is 1.25 bits per heavy atom. The zero-order valence-electron chi connectivity index (χ0n) is 11.9. The van der Waals surface area contributed by atoms with Gasteiger partial charge < -0.3 is 10.8 Å². The van der Waals surface area contributed by atoms with Crippen molar-refractivity contribution in [1.82, 2.24) is 4.90 Å². The van der Waals surface area contributed by atoms with Gasteiger partial charge in [-0.1, -0.05) is 37.5 Å². The molecule has 1 aromatic rings. The van der Waals surface area contributed by atoms with Crippen LogP contribution in [0.5, 0.6) is 0 Å². The summed E-state index contributed by atoms with van der Waals surface area (Å²) < 4.78 is 0. The fourth-order valence-electron chi connectivity index (χ4n) is 3.08. The average molecular weight is 276 g/mol. The third kappa shape index (κ3) is 3.81. The van der Waals surface area contributed by atoms with Crippen LogP contribution in [0.4, 0.5) is 0 Å². The molecule has 0 heterocycles. The van der Waals surface area contributed by atoms with Crippen LogP contribution in [0.3, 0.4) is 0 Å². The van der Waals surface area contributed by atoms with Crippen LogP contribution in [0.1, 0.15) is 48.0 Å². The second-order valence-corrected chi connectivity index (χ2v) is 5.51. The first-order valence-electron chi connectivity index (χ1n) is 7.45. The van der Waals surface area contributed by atoms with Crippen LogP contribution in [0, 0.1) is 0 Å². The van der Waals surface area contributed by atoms with Crippen LogP contribution in [0.2, 0.25) is 0 Å². The normalized spacial score (nSPS) is 16.5. The Hall–Kier alpha value is -1.39. The van der Waals surface area contributed by atoms with Gasteiger partial charge in [0.2, 0.25) is 5.91 Å². The summed E-state index contributed by atoms with van der Waals surface area (Å²) in [6, 6.07) is 8.00. The Labute approximate surface area is 120 Å². The average Bonchev–Trinajstić information content (AvgIpc) is 2.48. The highest BCUT2D eigenvalue weighted by molar-refractivity contribution is 5.94. The molecule has 110 valence electrons. The Kier molecular flexibility index (Phi) is 5.56. The predicted octanol–water partition coefficient (Wildman–Crippen LogP) is 1.91. The molecule has 0 aromatic heterocycles. The fraction of sp³-hybridized carbons (Fsp3) is 0.562. The lowest BCUT2D eigenvalue weighted by atomic mass is 9.93. The van der Waals surface area contributed by atoms with Crippen molar-refractivity contribution in [2.45, 2.75) is 44.7 Å². The highest BCUT2D eigenvalue weighted by Gasteiger charge is 2.22. The first-order chi connectivity index (χ1) is 9.72. The molecule has 0 bridgehead atoms. The van der Waals surface area contributed by atoms with Gasteiger partial charge in [-0.05, 0) is 24.5 Å². The van der Waals surface area contributed by atoms with Crippen molar-refractivity contribution in [3.63, 3.8) is 0 Å². The summed E-state index contributed by atoms with van der Waals surface area (Å²) >= 11 is 0. The summed E-state index contributed by atoms with van der Waals surface area (Å²) in [5, 5.41) is 9.29. The highest BCUT2D eigenvalue weighted by atomic mass is 16.3. The van der Waals surface area contributed by atoms with E-state index in [4.69, 9.17) is 5.73 Å². The first kappa shape index (κ1) is 15.0. The highest BCUT2D eigenvalue weighted by Crippen LogP contribution is 2.24. The van der Waals surface area contributed by atoms with E-state index in [1.807, 2.05) is 18.2 Å². The number of rotatable bonds is 6. The van der Waals surface area contributed by atoms with Gasteiger partial charge in [-0.2, -0.15) is 0 Å². The lowest BCUT2D eigenvalue weighted by Crippen LogP contribution is -2.38. The molecule has 1 amide bonds. The number of primary amides is 1. The van der Waals surface area contributed by atoms with Gasteiger partial charge in [0.15, 0.2) is 0 Å². The monoisotopic (exact) mass is 276 g/mol. The summed E-state index contributed by atoms with van der Waals surface area (Å²) in [4.78, 5) is 13.8. The van der Waals surface area contributed by atoms with Crippen molar-refractivity contribution in [3.05, 3.63) is 35.4 Å². The van der Waals surface area contributed by atoms with Crippen LogP contribution >= 0.6 is 0 Å². The van der Waals surface area contributed by atoms with Crippen molar-refractivity contribution in [2.24, 2.45) is 5.73 Å². The van der Waals surface area contributed by atoms with Crippen molar-refractivity contribution >= 4 is 5.91 Å². The fourth-order valence-corrected chi connectivity index (χ4v) is 3.08. The molecular weight excluding hydrogens is 252 g/mol. The van der Waals surface area contributed by atoms with E-state index in [1.165, 1.54) is 32.1 Å². The Morgan fingerprint density at radius 3 is 2.60 bits per heavy atom. The topological polar surface area (TPSA) is 66.6 Å². The number of aliphatic hydroxyl groups excluding tert-OH is 1. The molecule has 2 rings (SSSR count). The molecule has 20 heavy (non-hydrogen) atoms. The molecule has 1 aromatic carbocycles. The van der Waals surface area contributed by atoms with Gasteiger partial charge in [0, 0.05) is 24.7 Å². The molecule has 1 saturated carbocycles. The van der Waals surface area contributed by atoms with E-state index in [9.17, 15) is 9.90 Å². The third-order valence-electron chi connectivity index (χ3n) is 4.13. The largest absolute Gasteiger partial charge is 0.395 e. The molecule has 0 radical (unpaired) electrons. The molecule has 1 aliphatic carbocycles. The summed E-state index contributed by atoms with van der Waals surface area (Å²) in [5.74, 6) is -0.381. The number of hydrogen-bond acceptors (Lipinski definition) is 3. The summed E-state index contributed by atoms with van der Waals surface area (Å²) in [7, 11) is 0. The minimum absolute atomic E-state index is 0.148. The van der Waals surface area contributed by atoms with Gasteiger partial charge in [-0.3, -0.25) is 9.69 Å². The number of amides is 1. The first-order valence-corrected chi connectivity index (χ1v) is 7.45. The predicted molar refractivity (Wildman–Crippen MR) is 79.3 cm³/mol. The lowest BCUT2D eigenvalue weighted by molar-refractivity contribution is 0.0991. The van der Waals surface area contributed by atoms with Gasteiger partial charge in [0.05, 0.1) is 6.61 Å². The number of aliphatic hydroxyl groups is 1. The van der Waals surface area contributed by atoms with Gasteiger partial charge >= 0.3 is 0 Å². The zero-order valence-corrected chi connectivity index (χ0v) is 11.9. The van der Waals surface area contributed by atoms with E-state index in [1.54, 1.807) is 6.07 Å². The van der Waals surface area contributed by atoms with E-state index in [0.29, 0.717) is 24.7 Å². The molecule has 0 saturated heterocycles. The molecule has 4 nitrogen and oxygen atoms in total. The molecule has 3 N–H and O–H groups in total.